The molecule has 0 amide bonds. The van der Waals surface area contributed by atoms with Crippen LogP contribution in [-0.4, -0.2) is 38.2 Å². The van der Waals surface area contributed by atoms with Crippen molar-refractivity contribution in [3.05, 3.63) is 60.9 Å². The molecule has 0 radical (unpaired) electrons. The Labute approximate surface area is 174 Å². The van der Waals surface area contributed by atoms with Crippen molar-refractivity contribution in [1.82, 2.24) is 25.1 Å². The third-order valence-corrected chi connectivity index (χ3v) is 5.98. The Morgan fingerprint density at radius 3 is 2.63 bits per heavy atom. The van der Waals surface area contributed by atoms with Crippen molar-refractivity contribution in [2.45, 2.75) is 19.3 Å². The lowest BCUT2D eigenvalue weighted by Crippen LogP contribution is -2.29. The molecule has 0 saturated carbocycles. The number of anilines is 1. The van der Waals surface area contributed by atoms with Crippen LogP contribution in [0.2, 0.25) is 0 Å². The van der Waals surface area contributed by atoms with Crippen molar-refractivity contribution in [2.75, 3.05) is 18.0 Å². The molecule has 1 aromatic carbocycles. The van der Waals surface area contributed by atoms with Crippen LogP contribution in [0.3, 0.4) is 0 Å². The van der Waals surface area contributed by atoms with E-state index in [1.807, 2.05) is 30.6 Å². The van der Waals surface area contributed by atoms with Gasteiger partial charge in [0.05, 0.1) is 16.9 Å². The average molecular weight is 394 g/mol. The van der Waals surface area contributed by atoms with E-state index in [2.05, 4.69) is 60.4 Å². The van der Waals surface area contributed by atoms with Crippen LogP contribution in [0.4, 0.5) is 5.69 Å². The summed E-state index contributed by atoms with van der Waals surface area (Å²) in [7, 11) is 0. The zero-order chi connectivity index (χ0) is 19.9. The van der Waals surface area contributed by atoms with Crippen molar-refractivity contribution in [3.63, 3.8) is 0 Å². The Balaban J connectivity index is 1.47. The first-order chi connectivity index (χ1) is 14.9. The van der Waals surface area contributed by atoms with E-state index in [9.17, 15) is 0 Å². The SMILES string of the molecule is c1ccc(-c2ccc3[nH]nc(-c4cc5c(N6CCCCC6)ccnc5[nH]4)c3c2)nc1. The van der Waals surface area contributed by atoms with E-state index in [1.165, 1.54) is 24.9 Å². The van der Waals surface area contributed by atoms with Gasteiger partial charge in [-0.2, -0.15) is 5.10 Å². The number of pyridine rings is 2. The molecule has 1 aliphatic rings. The number of hydrogen-bond donors (Lipinski definition) is 2. The molecule has 5 aromatic rings. The first-order valence-corrected chi connectivity index (χ1v) is 10.5. The largest absolute Gasteiger partial charge is 0.371 e. The fraction of sp³-hybridized carbons (Fsp3) is 0.208. The molecule has 0 bridgehead atoms. The summed E-state index contributed by atoms with van der Waals surface area (Å²) in [5, 5.41) is 10.0. The number of nitrogens with zero attached hydrogens (tertiary/aromatic N) is 4. The highest BCUT2D eigenvalue weighted by molar-refractivity contribution is 5.99. The number of hydrogen-bond acceptors (Lipinski definition) is 4. The van der Waals surface area contributed by atoms with Crippen LogP contribution in [-0.2, 0) is 0 Å². The van der Waals surface area contributed by atoms with Crippen molar-refractivity contribution in [3.8, 4) is 22.6 Å². The van der Waals surface area contributed by atoms with Crippen LogP contribution in [0.5, 0.6) is 0 Å². The third kappa shape index (κ3) is 2.84. The van der Waals surface area contributed by atoms with Crippen LogP contribution in [0.1, 0.15) is 19.3 Å². The number of aromatic amines is 2. The van der Waals surface area contributed by atoms with E-state index in [0.29, 0.717) is 0 Å². The molecule has 0 spiro atoms. The lowest BCUT2D eigenvalue weighted by atomic mass is 10.1. The molecule has 1 saturated heterocycles. The van der Waals surface area contributed by atoms with Crippen LogP contribution < -0.4 is 4.90 Å². The molecule has 0 atom stereocenters. The van der Waals surface area contributed by atoms with Gasteiger partial charge in [-0.25, -0.2) is 4.98 Å². The molecule has 2 N–H and O–H groups in total. The number of benzene rings is 1. The lowest BCUT2D eigenvalue weighted by Gasteiger charge is -2.29. The molecule has 0 unspecified atom stereocenters. The molecule has 30 heavy (non-hydrogen) atoms. The minimum atomic E-state index is 0.908. The van der Waals surface area contributed by atoms with Crippen molar-refractivity contribution < 1.29 is 0 Å². The highest BCUT2D eigenvalue weighted by Crippen LogP contribution is 2.34. The number of aromatic nitrogens is 5. The van der Waals surface area contributed by atoms with Gasteiger partial charge in [0.15, 0.2) is 0 Å². The Kier molecular flexibility index (Phi) is 4.01. The maximum absolute atomic E-state index is 4.62. The fourth-order valence-electron chi connectivity index (χ4n) is 4.46. The van der Waals surface area contributed by atoms with Gasteiger partial charge < -0.3 is 9.88 Å². The van der Waals surface area contributed by atoms with Gasteiger partial charge >= 0.3 is 0 Å². The van der Waals surface area contributed by atoms with Crippen molar-refractivity contribution in [2.24, 2.45) is 0 Å². The fourth-order valence-corrected chi connectivity index (χ4v) is 4.46. The predicted octanol–water partition coefficient (Wildman–Crippen LogP) is 5.16. The van der Waals surface area contributed by atoms with Gasteiger partial charge in [0.25, 0.3) is 0 Å². The second-order valence-electron chi connectivity index (χ2n) is 7.87. The monoisotopic (exact) mass is 394 g/mol. The number of H-pyrrole nitrogens is 2. The molecule has 1 aliphatic heterocycles. The molecule has 1 fully saturated rings. The molecule has 4 aromatic heterocycles. The molecular weight excluding hydrogens is 372 g/mol. The lowest BCUT2D eigenvalue weighted by molar-refractivity contribution is 0.579. The summed E-state index contributed by atoms with van der Waals surface area (Å²) in [6.45, 7) is 2.22. The number of fused-ring (bicyclic) bond motifs is 2. The second kappa shape index (κ2) is 6.99. The molecule has 6 nitrogen and oxygen atoms in total. The molecule has 6 heteroatoms. The summed E-state index contributed by atoms with van der Waals surface area (Å²) in [6, 6.07) is 16.6. The third-order valence-electron chi connectivity index (χ3n) is 5.98. The van der Waals surface area contributed by atoms with Gasteiger partial charge in [-0.05, 0) is 55.7 Å². The van der Waals surface area contributed by atoms with Gasteiger partial charge in [0, 0.05) is 47.5 Å². The maximum Gasteiger partial charge on any atom is 0.139 e. The first-order valence-electron chi connectivity index (χ1n) is 10.5. The number of rotatable bonds is 3. The Bertz CT molecular complexity index is 1330. The summed E-state index contributed by atoms with van der Waals surface area (Å²) in [6.07, 6.45) is 7.54. The van der Waals surface area contributed by atoms with Crippen LogP contribution in [0.25, 0.3) is 44.6 Å². The van der Waals surface area contributed by atoms with E-state index in [0.717, 1.165) is 57.7 Å². The molecule has 6 rings (SSSR count). The second-order valence-corrected chi connectivity index (χ2v) is 7.87. The van der Waals surface area contributed by atoms with E-state index in [1.54, 1.807) is 0 Å². The molecular formula is C24H22N6. The smallest absolute Gasteiger partial charge is 0.139 e. The zero-order valence-corrected chi connectivity index (χ0v) is 16.6. The van der Waals surface area contributed by atoms with E-state index in [-0.39, 0.29) is 0 Å². The summed E-state index contributed by atoms with van der Waals surface area (Å²) >= 11 is 0. The summed E-state index contributed by atoms with van der Waals surface area (Å²) < 4.78 is 0. The highest BCUT2D eigenvalue weighted by Gasteiger charge is 2.18. The van der Waals surface area contributed by atoms with Crippen LogP contribution >= 0.6 is 0 Å². The normalized spacial score (nSPS) is 14.6. The molecule has 0 aliphatic carbocycles. The minimum absolute atomic E-state index is 0.908. The Morgan fingerprint density at radius 1 is 0.833 bits per heavy atom. The van der Waals surface area contributed by atoms with Crippen molar-refractivity contribution >= 4 is 27.6 Å². The number of piperidine rings is 1. The van der Waals surface area contributed by atoms with E-state index in [4.69, 9.17) is 0 Å². The molecule has 5 heterocycles. The molecule has 148 valence electrons. The zero-order valence-electron chi connectivity index (χ0n) is 16.6. The summed E-state index contributed by atoms with van der Waals surface area (Å²) in [4.78, 5) is 15.0. The Hall–Kier alpha value is -3.67. The summed E-state index contributed by atoms with van der Waals surface area (Å²) in [5.41, 5.74) is 7.09. The first kappa shape index (κ1) is 17.2. The van der Waals surface area contributed by atoms with Gasteiger partial charge in [0.2, 0.25) is 0 Å². The topological polar surface area (TPSA) is 73.5 Å². The van der Waals surface area contributed by atoms with Gasteiger partial charge in [-0.15, -0.1) is 0 Å². The average Bonchev–Trinajstić information content (AvgIpc) is 3.43. The van der Waals surface area contributed by atoms with Crippen LogP contribution in [0.15, 0.2) is 60.9 Å². The maximum atomic E-state index is 4.62. The number of nitrogens with one attached hydrogen (secondary N) is 2. The van der Waals surface area contributed by atoms with Gasteiger partial charge in [-0.1, -0.05) is 12.1 Å². The van der Waals surface area contributed by atoms with Gasteiger partial charge in [0.1, 0.15) is 11.3 Å². The quantitative estimate of drug-likeness (QED) is 0.443. The minimum Gasteiger partial charge on any atom is -0.371 e. The van der Waals surface area contributed by atoms with E-state index >= 15 is 0 Å². The Morgan fingerprint density at radius 2 is 1.77 bits per heavy atom. The van der Waals surface area contributed by atoms with Crippen LogP contribution in [0, 0.1) is 0 Å². The highest BCUT2D eigenvalue weighted by atomic mass is 15.1. The standard InChI is InChI=1S/C24H22N6/c1-4-12-30(13-5-1)22-9-11-26-24-18(22)15-21(27-24)23-17-14-16(7-8-20(17)28-29-23)19-6-2-3-10-25-19/h2-3,6-11,14-15H,1,4-5,12-13H2,(H,26,27)(H,28,29). The van der Waals surface area contributed by atoms with Crippen molar-refractivity contribution in [1.29, 1.82) is 0 Å². The predicted molar refractivity (Wildman–Crippen MR) is 120 cm³/mol. The summed E-state index contributed by atoms with van der Waals surface area (Å²) in [5.74, 6) is 0. The van der Waals surface area contributed by atoms with E-state index < -0.39 is 0 Å². The van der Waals surface area contributed by atoms with Gasteiger partial charge in [-0.3, -0.25) is 10.1 Å².